The van der Waals surface area contributed by atoms with Gasteiger partial charge in [-0.1, -0.05) is 28.5 Å². The molecule has 1 aromatic carbocycles. The summed E-state index contributed by atoms with van der Waals surface area (Å²) in [6.07, 6.45) is -3.49. The van der Waals surface area contributed by atoms with Crippen LogP contribution in [0, 0.1) is 6.92 Å². The average molecular weight is 415 g/mol. The van der Waals surface area contributed by atoms with Crippen molar-refractivity contribution in [3.05, 3.63) is 51.5 Å². The van der Waals surface area contributed by atoms with Gasteiger partial charge in [0.1, 0.15) is 18.7 Å². The molecule has 7 nitrogen and oxygen atoms in total. The zero-order valence-electron chi connectivity index (χ0n) is 15.1. The maximum absolute atomic E-state index is 13.2. The Labute approximate surface area is 162 Å². The van der Waals surface area contributed by atoms with Crippen LogP contribution in [0.3, 0.4) is 0 Å². The number of aromatic nitrogens is 1. The lowest BCUT2D eigenvalue weighted by Crippen LogP contribution is -2.24. The quantitative estimate of drug-likeness (QED) is 0.393. The summed E-state index contributed by atoms with van der Waals surface area (Å²) in [6.45, 7) is 1.37. The molecular formula is C17H16F3N3O4S. The first kappa shape index (κ1) is 21.4. The lowest BCUT2D eigenvalue weighted by atomic mass is 9.99. The first-order valence-corrected chi connectivity index (χ1v) is 8.62. The van der Waals surface area contributed by atoms with Crippen molar-refractivity contribution in [2.75, 3.05) is 14.2 Å². The topological polar surface area (TPSA) is 82.4 Å². The molecule has 0 amide bonds. The third-order valence-electron chi connectivity index (χ3n) is 3.49. The fourth-order valence-corrected chi connectivity index (χ4v) is 2.85. The lowest BCUT2D eigenvalue weighted by Gasteiger charge is -2.13. The van der Waals surface area contributed by atoms with Crippen molar-refractivity contribution < 1.29 is 32.4 Å². The highest BCUT2D eigenvalue weighted by Crippen LogP contribution is 2.25. The Morgan fingerprint density at radius 3 is 2.57 bits per heavy atom. The highest BCUT2D eigenvalue weighted by molar-refractivity contribution is 7.11. The van der Waals surface area contributed by atoms with E-state index < -0.39 is 17.9 Å². The number of hydrogen-bond donors (Lipinski definition) is 0. The van der Waals surface area contributed by atoms with Crippen LogP contribution in [-0.2, 0) is 25.8 Å². The van der Waals surface area contributed by atoms with Crippen LogP contribution >= 0.6 is 11.3 Å². The van der Waals surface area contributed by atoms with Gasteiger partial charge in [0, 0.05) is 22.7 Å². The normalized spacial score (nSPS) is 12.6. The van der Waals surface area contributed by atoms with Gasteiger partial charge in [0.2, 0.25) is 5.71 Å². The van der Waals surface area contributed by atoms with Crippen molar-refractivity contribution in [2.24, 2.45) is 10.3 Å². The SMILES string of the molecule is CO/N=C(/C(=O)OC)c1cccc(C)c1CO/N=C(/c1nccs1)C(F)(F)F. The fraction of sp³-hybridized carbons (Fsp3) is 0.294. The van der Waals surface area contributed by atoms with E-state index in [9.17, 15) is 18.0 Å². The summed E-state index contributed by atoms with van der Waals surface area (Å²) in [6, 6.07) is 4.91. The van der Waals surface area contributed by atoms with Crippen molar-refractivity contribution in [2.45, 2.75) is 19.7 Å². The van der Waals surface area contributed by atoms with Gasteiger partial charge in [0.15, 0.2) is 5.71 Å². The molecule has 0 bridgehead atoms. The number of benzene rings is 1. The fourth-order valence-electron chi connectivity index (χ4n) is 2.21. The van der Waals surface area contributed by atoms with E-state index in [2.05, 4.69) is 24.9 Å². The average Bonchev–Trinajstić information content (AvgIpc) is 3.16. The number of carbonyl (C=O) groups is 1. The third-order valence-corrected chi connectivity index (χ3v) is 4.27. The summed E-state index contributed by atoms with van der Waals surface area (Å²) < 4.78 is 44.3. The van der Waals surface area contributed by atoms with Crippen LogP contribution in [0.5, 0.6) is 0 Å². The van der Waals surface area contributed by atoms with Crippen molar-refractivity contribution in [3.8, 4) is 0 Å². The van der Waals surface area contributed by atoms with Crippen molar-refractivity contribution in [3.63, 3.8) is 0 Å². The molecule has 0 N–H and O–H groups in total. The number of thiazole rings is 1. The van der Waals surface area contributed by atoms with Crippen LogP contribution in [0.1, 0.15) is 21.7 Å². The summed E-state index contributed by atoms with van der Waals surface area (Å²) in [4.78, 5) is 25.3. The molecule has 0 fully saturated rings. The molecule has 0 aliphatic rings. The second kappa shape index (κ2) is 9.31. The zero-order chi connectivity index (χ0) is 20.7. The molecule has 0 spiro atoms. The molecular weight excluding hydrogens is 399 g/mol. The smallest absolute Gasteiger partial charge is 0.439 e. The molecule has 1 aromatic heterocycles. The molecule has 0 unspecified atom stereocenters. The van der Waals surface area contributed by atoms with Crippen LogP contribution in [0.15, 0.2) is 40.1 Å². The summed E-state index contributed by atoms with van der Waals surface area (Å²) in [5.74, 6) is -0.768. The highest BCUT2D eigenvalue weighted by atomic mass is 32.1. The van der Waals surface area contributed by atoms with Gasteiger partial charge < -0.3 is 14.4 Å². The first-order valence-electron chi connectivity index (χ1n) is 7.75. The van der Waals surface area contributed by atoms with Gasteiger partial charge in [-0.15, -0.1) is 11.3 Å². The molecule has 28 heavy (non-hydrogen) atoms. The van der Waals surface area contributed by atoms with E-state index in [1.54, 1.807) is 25.1 Å². The highest BCUT2D eigenvalue weighted by Gasteiger charge is 2.39. The van der Waals surface area contributed by atoms with Crippen molar-refractivity contribution in [1.82, 2.24) is 4.98 Å². The Morgan fingerprint density at radius 2 is 2.00 bits per heavy atom. The van der Waals surface area contributed by atoms with Crippen LogP contribution < -0.4 is 0 Å². The van der Waals surface area contributed by atoms with Gasteiger partial charge in [-0.25, -0.2) is 9.78 Å². The molecule has 2 aromatic rings. The number of nitrogens with zero attached hydrogens (tertiary/aromatic N) is 3. The molecule has 0 saturated heterocycles. The molecule has 0 aliphatic carbocycles. The predicted molar refractivity (Wildman–Crippen MR) is 96.2 cm³/mol. The van der Waals surface area contributed by atoms with E-state index >= 15 is 0 Å². The maximum Gasteiger partial charge on any atom is 0.439 e. The largest absolute Gasteiger partial charge is 0.464 e. The monoisotopic (exact) mass is 415 g/mol. The van der Waals surface area contributed by atoms with Gasteiger partial charge in [-0.3, -0.25) is 0 Å². The number of aryl methyl sites for hydroxylation is 1. The summed E-state index contributed by atoms with van der Waals surface area (Å²) in [5.41, 5.74) is -0.0216. The molecule has 11 heteroatoms. The number of alkyl halides is 3. The molecule has 0 atom stereocenters. The number of methoxy groups -OCH3 is 1. The summed E-state index contributed by atoms with van der Waals surface area (Å²) in [7, 11) is 2.43. The third kappa shape index (κ3) is 5.06. The van der Waals surface area contributed by atoms with Crippen molar-refractivity contribution >= 4 is 28.7 Å². The van der Waals surface area contributed by atoms with E-state index in [0.717, 1.165) is 11.3 Å². The van der Waals surface area contributed by atoms with Crippen molar-refractivity contribution in [1.29, 1.82) is 0 Å². The Morgan fingerprint density at radius 1 is 1.25 bits per heavy atom. The number of oxime groups is 2. The van der Waals surface area contributed by atoms with Gasteiger partial charge >= 0.3 is 12.1 Å². The molecule has 150 valence electrons. The van der Waals surface area contributed by atoms with E-state index in [1.807, 2.05) is 0 Å². The number of hydrogen-bond acceptors (Lipinski definition) is 8. The zero-order valence-corrected chi connectivity index (χ0v) is 15.9. The Hall–Kier alpha value is -2.95. The number of rotatable bonds is 7. The number of esters is 1. The Bertz CT molecular complexity index is 880. The van der Waals surface area contributed by atoms with Gasteiger partial charge in [-0.05, 0) is 12.5 Å². The molecule has 0 aliphatic heterocycles. The van der Waals surface area contributed by atoms with E-state index in [1.165, 1.54) is 25.8 Å². The molecule has 1 heterocycles. The van der Waals surface area contributed by atoms with E-state index in [0.29, 0.717) is 16.7 Å². The molecule has 0 saturated carbocycles. The molecule has 2 rings (SSSR count). The number of carbonyl (C=O) groups excluding carboxylic acids is 1. The Balaban J connectivity index is 2.36. The first-order chi connectivity index (χ1) is 13.3. The molecule has 0 radical (unpaired) electrons. The minimum Gasteiger partial charge on any atom is -0.464 e. The van der Waals surface area contributed by atoms with Crippen LogP contribution in [0.4, 0.5) is 13.2 Å². The second-order valence-corrected chi connectivity index (χ2v) is 6.16. The predicted octanol–water partition coefficient (Wildman–Crippen LogP) is 3.46. The van der Waals surface area contributed by atoms with Crippen LogP contribution in [0.25, 0.3) is 0 Å². The van der Waals surface area contributed by atoms with Gasteiger partial charge in [0.25, 0.3) is 0 Å². The summed E-state index contributed by atoms with van der Waals surface area (Å²) >= 11 is 0.790. The van der Waals surface area contributed by atoms with E-state index in [4.69, 9.17) is 4.84 Å². The maximum atomic E-state index is 13.2. The number of ether oxygens (including phenoxy) is 1. The van der Waals surface area contributed by atoms with Crippen LogP contribution in [-0.4, -0.2) is 42.8 Å². The van der Waals surface area contributed by atoms with Crippen LogP contribution in [0.2, 0.25) is 0 Å². The van der Waals surface area contributed by atoms with E-state index in [-0.39, 0.29) is 17.3 Å². The van der Waals surface area contributed by atoms with Gasteiger partial charge in [-0.2, -0.15) is 13.2 Å². The lowest BCUT2D eigenvalue weighted by molar-refractivity contribution is -0.132. The minimum absolute atomic E-state index is 0.146. The Kier molecular flexibility index (Phi) is 7.10. The summed E-state index contributed by atoms with van der Waals surface area (Å²) in [5, 5.41) is 7.98. The number of halogens is 3. The second-order valence-electron chi connectivity index (χ2n) is 5.26. The van der Waals surface area contributed by atoms with Gasteiger partial charge in [0.05, 0.1) is 7.11 Å². The standard InChI is InChI=1S/C17H16F3N3O4S/c1-10-5-4-6-11(13(22-26-3)16(24)25-2)12(10)9-27-23-14(17(18,19)20)15-21-7-8-28-15/h4-8H,9H2,1-3H3/b22-13+,23-14-. The minimum atomic E-state index is -4.74.